The number of hydrogen-bond acceptors (Lipinski definition) is 6. The van der Waals surface area contributed by atoms with Crippen molar-refractivity contribution in [3.05, 3.63) is 53.7 Å². The van der Waals surface area contributed by atoms with Gasteiger partial charge >= 0.3 is 0 Å². The fourth-order valence-electron chi connectivity index (χ4n) is 3.87. The van der Waals surface area contributed by atoms with Gasteiger partial charge in [0.15, 0.2) is 11.5 Å². The maximum Gasteiger partial charge on any atom is 0.161 e. The Labute approximate surface area is 172 Å². The Morgan fingerprint density at radius 3 is 2.62 bits per heavy atom. The van der Waals surface area contributed by atoms with E-state index in [4.69, 9.17) is 9.47 Å². The third kappa shape index (κ3) is 4.07. The molecule has 2 aromatic carbocycles. The van der Waals surface area contributed by atoms with Crippen molar-refractivity contribution in [2.75, 3.05) is 50.6 Å². The summed E-state index contributed by atoms with van der Waals surface area (Å²) in [5, 5.41) is 6.86. The number of nitrogens with zero attached hydrogens (tertiary/aromatic N) is 2. The summed E-state index contributed by atoms with van der Waals surface area (Å²) in [6.07, 6.45) is 3.92. The monoisotopic (exact) mass is 392 g/mol. The summed E-state index contributed by atoms with van der Waals surface area (Å²) in [4.78, 5) is 6.93. The molecule has 2 N–H and O–H groups in total. The van der Waals surface area contributed by atoms with Crippen molar-refractivity contribution in [1.29, 1.82) is 0 Å². The van der Waals surface area contributed by atoms with E-state index in [0.29, 0.717) is 18.3 Å². The molecule has 0 amide bonds. The lowest BCUT2D eigenvalue weighted by Crippen LogP contribution is -2.49. The zero-order valence-electron chi connectivity index (χ0n) is 17.2. The summed E-state index contributed by atoms with van der Waals surface area (Å²) in [5.41, 5.74) is 5.58. The number of methoxy groups -OCH3 is 2. The quantitative estimate of drug-likeness (QED) is 0.817. The zero-order chi connectivity index (χ0) is 20.2. The van der Waals surface area contributed by atoms with Crippen LogP contribution in [0.5, 0.6) is 11.5 Å². The van der Waals surface area contributed by atoms with Crippen molar-refractivity contribution < 1.29 is 9.47 Å². The highest BCUT2D eigenvalue weighted by atomic mass is 16.5. The molecule has 4 rings (SSSR count). The lowest BCUT2D eigenvalue weighted by molar-refractivity contribution is 0.355. The normalized spacial score (nSPS) is 19.8. The lowest BCUT2D eigenvalue weighted by Gasteiger charge is -2.36. The van der Waals surface area contributed by atoms with Gasteiger partial charge in [0.25, 0.3) is 0 Å². The Morgan fingerprint density at radius 1 is 1.14 bits per heavy atom. The van der Waals surface area contributed by atoms with Crippen LogP contribution in [0.3, 0.4) is 0 Å². The van der Waals surface area contributed by atoms with Gasteiger partial charge in [0.1, 0.15) is 0 Å². The van der Waals surface area contributed by atoms with Crippen LogP contribution in [0.25, 0.3) is 5.57 Å². The number of hydrogen-bond donors (Lipinski definition) is 2. The molecule has 0 saturated carbocycles. The van der Waals surface area contributed by atoms with Crippen LogP contribution in [0, 0.1) is 0 Å². The number of aliphatic imine (C=N–C) groups is 1. The maximum atomic E-state index is 5.47. The van der Waals surface area contributed by atoms with E-state index in [0.717, 1.165) is 47.8 Å². The first kappa shape index (κ1) is 19.3. The van der Waals surface area contributed by atoms with E-state index in [-0.39, 0.29) is 0 Å². The average Bonchev–Trinajstić information content (AvgIpc) is 2.77. The summed E-state index contributed by atoms with van der Waals surface area (Å²) < 4.78 is 10.9. The molecule has 2 aliphatic heterocycles. The molecule has 1 atom stereocenters. The van der Waals surface area contributed by atoms with Crippen LogP contribution in [-0.4, -0.2) is 52.7 Å². The first-order valence-electron chi connectivity index (χ1n) is 9.99. The first-order chi connectivity index (χ1) is 14.2. The van der Waals surface area contributed by atoms with E-state index in [1.807, 2.05) is 24.5 Å². The molecule has 2 aromatic rings. The van der Waals surface area contributed by atoms with Gasteiger partial charge in [-0.3, -0.25) is 4.99 Å². The second kappa shape index (κ2) is 8.57. The molecule has 6 heteroatoms. The predicted molar refractivity (Wildman–Crippen MR) is 120 cm³/mol. The number of fused-ring (bicyclic) bond motifs is 1. The highest BCUT2D eigenvalue weighted by molar-refractivity contribution is 5.93. The minimum absolute atomic E-state index is 0.508. The van der Waals surface area contributed by atoms with Gasteiger partial charge in [-0.1, -0.05) is 0 Å². The van der Waals surface area contributed by atoms with Crippen LogP contribution in [0.15, 0.2) is 47.6 Å². The molecule has 0 spiro atoms. The molecule has 0 aliphatic carbocycles. The van der Waals surface area contributed by atoms with E-state index in [9.17, 15) is 0 Å². The SMILES string of the molecule is COc1cc2c(cc1OC)C(=CNc1ccc(N3CCNCC3C)cc1)CN=C2. The Morgan fingerprint density at radius 2 is 1.90 bits per heavy atom. The van der Waals surface area contributed by atoms with Gasteiger partial charge in [-0.05, 0) is 54.5 Å². The third-order valence-corrected chi connectivity index (χ3v) is 5.51. The van der Waals surface area contributed by atoms with E-state index in [1.165, 1.54) is 5.69 Å². The number of ether oxygens (including phenoxy) is 2. The van der Waals surface area contributed by atoms with Gasteiger partial charge in [-0.25, -0.2) is 0 Å². The summed E-state index contributed by atoms with van der Waals surface area (Å²) in [7, 11) is 3.30. The van der Waals surface area contributed by atoms with Gasteiger partial charge in [0.05, 0.1) is 20.8 Å². The van der Waals surface area contributed by atoms with Crippen molar-refractivity contribution in [2.24, 2.45) is 4.99 Å². The predicted octanol–water partition coefficient (Wildman–Crippen LogP) is 3.39. The highest BCUT2D eigenvalue weighted by Crippen LogP contribution is 2.34. The van der Waals surface area contributed by atoms with E-state index in [2.05, 4.69) is 51.7 Å². The van der Waals surface area contributed by atoms with E-state index >= 15 is 0 Å². The van der Waals surface area contributed by atoms with Crippen LogP contribution >= 0.6 is 0 Å². The standard InChI is InChI=1S/C23H28N4O2/c1-16-12-24-8-9-27(16)20-6-4-19(5-7-20)26-15-18-14-25-13-17-10-22(28-2)23(29-3)11-21(17)18/h4-7,10-11,13,15-16,24,26H,8-9,12,14H2,1-3H3. The van der Waals surface area contributed by atoms with Crippen LogP contribution in [-0.2, 0) is 0 Å². The molecule has 29 heavy (non-hydrogen) atoms. The van der Waals surface area contributed by atoms with Crippen molar-refractivity contribution in [3.63, 3.8) is 0 Å². The largest absolute Gasteiger partial charge is 0.493 e. The van der Waals surface area contributed by atoms with Gasteiger partial charge in [-0.15, -0.1) is 0 Å². The fraction of sp³-hybridized carbons (Fsp3) is 0.348. The van der Waals surface area contributed by atoms with Gasteiger partial charge in [0, 0.05) is 55.0 Å². The Hall–Kier alpha value is -2.99. The molecule has 1 fully saturated rings. The molecular weight excluding hydrogens is 364 g/mol. The van der Waals surface area contributed by atoms with Crippen LogP contribution in [0.1, 0.15) is 18.1 Å². The highest BCUT2D eigenvalue weighted by Gasteiger charge is 2.18. The summed E-state index contributed by atoms with van der Waals surface area (Å²) in [5.74, 6) is 1.44. The van der Waals surface area contributed by atoms with Crippen LogP contribution < -0.4 is 25.0 Å². The van der Waals surface area contributed by atoms with Crippen molar-refractivity contribution >= 4 is 23.2 Å². The lowest BCUT2D eigenvalue weighted by atomic mass is 9.97. The molecule has 1 saturated heterocycles. The topological polar surface area (TPSA) is 58.1 Å². The molecule has 152 valence electrons. The zero-order valence-corrected chi connectivity index (χ0v) is 17.2. The van der Waals surface area contributed by atoms with Crippen LogP contribution in [0.4, 0.5) is 11.4 Å². The second-order valence-electron chi connectivity index (χ2n) is 7.37. The van der Waals surface area contributed by atoms with Crippen molar-refractivity contribution in [1.82, 2.24) is 5.32 Å². The molecule has 0 aromatic heterocycles. The molecule has 0 radical (unpaired) electrons. The van der Waals surface area contributed by atoms with Gasteiger partial charge < -0.3 is 25.0 Å². The summed E-state index contributed by atoms with van der Waals surface area (Å²) in [6, 6.07) is 13.1. The fourth-order valence-corrected chi connectivity index (χ4v) is 3.87. The molecule has 6 nitrogen and oxygen atoms in total. The minimum Gasteiger partial charge on any atom is -0.493 e. The number of anilines is 2. The number of rotatable bonds is 5. The Balaban J connectivity index is 1.52. The third-order valence-electron chi connectivity index (χ3n) is 5.51. The molecule has 2 aliphatic rings. The van der Waals surface area contributed by atoms with Gasteiger partial charge in [0.2, 0.25) is 0 Å². The number of nitrogens with one attached hydrogen (secondary N) is 2. The van der Waals surface area contributed by atoms with Crippen LogP contribution in [0.2, 0.25) is 0 Å². The van der Waals surface area contributed by atoms with Gasteiger partial charge in [-0.2, -0.15) is 0 Å². The first-order valence-corrected chi connectivity index (χ1v) is 9.99. The number of benzene rings is 2. The number of piperazine rings is 1. The minimum atomic E-state index is 0.508. The Bertz CT molecular complexity index is 921. The van der Waals surface area contributed by atoms with E-state index < -0.39 is 0 Å². The summed E-state index contributed by atoms with van der Waals surface area (Å²) in [6.45, 7) is 5.99. The average molecular weight is 393 g/mol. The molecule has 2 heterocycles. The Kier molecular flexibility index (Phi) is 5.71. The summed E-state index contributed by atoms with van der Waals surface area (Å²) >= 11 is 0. The molecular formula is C23H28N4O2. The molecule has 0 bridgehead atoms. The molecule has 1 unspecified atom stereocenters. The maximum absolute atomic E-state index is 5.47. The smallest absolute Gasteiger partial charge is 0.161 e. The second-order valence-corrected chi connectivity index (χ2v) is 7.37. The van der Waals surface area contributed by atoms with E-state index in [1.54, 1.807) is 14.2 Å². The van der Waals surface area contributed by atoms with Crippen molar-refractivity contribution in [2.45, 2.75) is 13.0 Å². The van der Waals surface area contributed by atoms with Crippen molar-refractivity contribution in [3.8, 4) is 11.5 Å².